The van der Waals surface area contributed by atoms with Crippen LogP contribution in [-0.4, -0.2) is 12.1 Å². The molecule has 0 aliphatic heterocycles. The van der Waals surface area contributed by atoms with E-state index in [2.05, 4.69) is 0 Å². The molecule has 0 aromatic heterocycles. The summed E-state index contributed by atoms with van der Waals surface area (Å²) < 4.78 is 35.3. The first-order valence-electron chi connectivity index (χ1n) is 3.63. The fourth-order valence-corrected chi connectivity index (χ4v) is 0.768. The lowest BCUT2D eigenvalue weighted by Crippen LogP contribution is -2.29. The van der Waals surface area contributed by atoms with Gasteiger partial charge in [-0.05, 0) is 24.3 Å². The van der Waals surface area contributed by atoms with Crippen molar-refractivity contribution in [2.75, 3.05) is 11.1 Å². The second-order valence-electron chi connectivity index (χ2n) is 2.57. The number of nitrogen functional groups attached to an aromatic ring is 1. The number of rotatable bonds is 1. The Morgan fingerprint density at radius 3 is 2.07 bits per heavy atom. The van der Waals surface area contributed by atoms with Crippen LogP contribution in [-0.2, 0) is 4.79 Å². The summed E-state index contributed by atoms with van der Waals surface area (Å²) in [5.74, 6) is -2.00. The minimum Gasteiger partial charge on any atom is -0.399 e. The molecule has 0 fully saturated rings. The van der Waals surface area contributed by atoms with E-state index >= 15 is 0 Å². The minimum atomic E-state index is -4.87. The van der Waals surface area contributed by atoms with Gasteiger partial charge in [-0.1, -0.05) is 0 Å². The van der Waals surface area contributed by atoms with Gasteiger partial charge < -0.3 is 11.1 Å². The smallest absolute Gasteiger partial charge is 0.399 e. The molecule has 0 atom stereocenters. The van der Waals surface area contributed by atoms with Gasteiger partial charge in [0.15, 0.2) is 0 Å². The molecule has 1 aromatic carbocycles. The van der Waals surface area contributed by atoms with E-state index in [0.29, 0.717) is 5.69 Å². The largest absolute Gasteiger partial charge is 0.471 e. The molecule has 3 nitrogen and oxygen atoms in total. The van der Waals surface area contributed by atoms with Crippen molar-refractivity contribution in [2.24, 2.45) is 0 Å². The molecular weight excluding hydrogens is 233 g/mol. The van der Waals surface area contributed by atoms with Gasteiger partial charge in [-0.15, -0.1) is 12.4 Å². The number of carbonyl (C=O) groups is 1. The number of benzene rings is 1. The summed E-state index contributed by atoms with van der Waals surface area (Å²) in [6.45, 7) is 0. The summed E-state index contributed by atoms with van der Waals surface area (Å²) in [4.78, 5) is 10.5. The lowest BCUT2D eigenvalue weighted by atomic mass is 10.3. The number of anilines is 2. The first-order valence-corrected chi connectivity index (χ1v) is 3.63. The van der Waals surface area contributed by atoms with Crippen LogP contribution in [0.15, 0.2) is 24.3 Å². The molecule has 0 radical (unpaired) electrons. The number of alkyl halides is 3. The zero-order chi connectivity index (χ0) is 10.8. The van der Waals surface area contributed by atoms with Gasteiger partial charge in [0.25, 0.3) is 0 Å². The molecule has 3 N–H and O–H groups in total. The van der Waals surface area contributed by atoms with E-state index in [1.807, 2.05) is 0 Å². The van der Waals surface area contributed by atoms with E-state index in [9.17, 15) is 18.0 Å². The molecule has 84 valence electrons. The van der Waals surface area contributed by atoms with E-state index in [0.717, 1.165) is 0 Å². The molecule has 0 spiro atoms. The van der Waals surface area contributed by atoms with Crippen molar-refractivity contribution in [2.45, 2.75) is 6.18 Å². The first kappa shape index (κ1) is 13.6. The fraction of sp³-hybridized carbons (Fsp3) is 0.125. The molecule has 1 amide bonds. The van der Waals surface area contributed by atoms with Crippen LogP contribution in [0.2, 0.25) is 0 Å². The van der Waals surface area contributed by atoms with Gasteiger partial charge in [-0.2, -0.15) is 13.2 Å². The number of amides is 1. The molecule has 0 saturated heterocycles. The SMILES string of the molecule is Cl.Nc1ccc(NC(=O)C(F)(F)F)cc1. The van der Waals surface area contributed by atoms with Gasteiger partial charge in [0.2, 0.25) is 0 Å². The number of nitrogens with one attached hydrogen (secondary N) is 1. The standard InChI is InChI=1S/C8H7F3N2O.ClH/c9-8(10,11)7(14)13-6-3-1-5(12)2-4-6;/h1-4H,12H2,(H,13,14);1H. The van der Waals surface area contributed by atoms with Crippen LogP contribution in [0.1, 0.15) is 0 Å². The Morgan fingerprint density at radius 1 is 1.20 bits per heavy atom. The summed E-state index contributed by atoms with van der Waals surface area (Å²) in [5, 5.41) is 1.69. The van der Waals surface area contributed by atoms with Crippen molar-refractivity contribution >= 4 is 29.7 Å². The topological polar surface area (TPSA) is 55.1 Å². The van der Waals surface area contributed by atoms with Gasteiger partial charge in [0.1, 0.15) is 0 Å². The molecule has 0 aliphatic rings. The van der Waals surface area contributed by atoms with Crippen LogP contribution in [0.4, 0.5) is 24.5 Å². The van der Waals surface area contributed by atoms with E-state index in [4.69, 9.17) is 5.73 Å². The third-order valence-electron chi connectivity index (χ3n) is 1.43. The van der Waals surface area contributed by atoms with Crippen molar-refractivity contribution in [1.29, 1.82) is 0 Å². The van der Waals surface area contributed by atoms with Crippen LogP contribution in [0.25, 0.3) is 0 Å². The predicted molar refractivity (Wildman–Crippen MR) is 52.8 cm³/mol. The quantitative estimate of drug-likeness (QED) is 0.740. The monoisotopic (exact) mass is 240 g/mol. The van der Waals surface area contributed by atoms with Gasteiger partial charge in [-0.25, -0.2) is 0 Å². The lowest BCUT2D eigenvalue weighted by molar-refractivity contribution is -0.167. The average molecular weight is 241 g/mol. The number of halogens is 4. The Hall–Kier alpha value is -1.43. The second kappa shape index (κ2) is 4.88. The highest BCUT2D eigenvalue weighted by molar-refractivity contribution is 5.94. The van der Waals surface area contributed by atoms with E-state index in [1.165, 1.54) is 24.3 Å². The zero-order valence-electron chi connectivity index (χ0n) is 7.34. The summed E-state index contributed by atoms with van der Waals surface area (Å²) in [6.07, 6.45) is -4.87. The number of hydrogen-bond donors (Lipinski definition) is 2. The second-order valence-corrected chi connectivity index (χ2v) is 2.57. The molecule has 1 aromatic rings. The van der Waals surface area contributed by atoms with Crippen LogP contribution >= 0.6 is 12.4 Å². The highest BCUT2D eigenvalue weighted by Crippen LogP contribution is 2.18. The number of carbonyl (C=O) groups excluding carboxylic acids is 1. The van der Waals surface area contributed by atoms with Crippen molar-refractivity contribution in [3.05, 3.63) is 24.3 Å². The molecule has 7 heteroatoms. The first-order chi connectivity index (χ1) is 6.39. The van der Waals surface area contributed by atoms with E-state index < -0.39 is 12.1 Å². The summed E-state index contributed by atoms with van der Waals surface area (Å²) in [6, 6.07) is 5.37. The maximum absolute atomic E-state index is 11.8. The molecule has 0 aliphatic carbocycles. The fourth-order valence-electron chi connectivity index (χ4n) is 0.768. The van der Waals surface area contributed by atoms with E-state index in [-0.39, 0.29) is 18.1 Å². The molecule has 0 heterocycles. The third-order valence-corrected chi connectivity index (χ3v) is 1.43. The predicted octanol–water partition coefficient (Wildman–Crippen LogP) is 2.19. The van der Waals surface area contributed by atoms with Crippen LogP contribution in [0, 0.1) is 0 Å². The summed E-state index contributed by atoms with van der Waals surface area (Å²) in [5.41, 5.74) is 5.78. The normalized spacial score (nSPS) is 10.3. The van der Waals surface area contributed by atoms with Gasteiger partial charge in [0.05, 0.1) is 0 Å². The van der Waals surface area contributed by atoms with Crippen molar-refractivity contribution < 1.29 is 18.0 Å². The maximum atomic E-state index is 11.8. The third kappa shape index (κ3) is 4.07. The van der Waals surface area contributed by atoms with Crippen molar-refractivity contribution in [3.63, 3.8) is 0 Å². The molecule has 0 unspecified atom stereocenters. The van der Waals surface area contributed by atoms with Crippen LogP contribution in [0.5, 0.6) is 0 Å². The highest BCUT2D eigenvalue weighted by Gasteiger charge is 2.38. The maximum Gasteiger partial charge on any atom is 0.471 e. The molecular formula is C8H8ClF3N2O. The molecule has 0 bridgehead atoms. The Labute approximate surface area is 89.9 Å². The summed E-state index contributed by atoms with van der Waals surface area (Å²) >= 11 is 0. The molecule has 1 rings (SSSR count). The average Bonchev–Trinajstić information content (AvgIpc) is 2.07. The Balaban J connectivity index is 0.00000196. The number of nitrogens with two attached hydrogens (primary N) is 1. The Bertz CT molecular complexity index is 337. The van der Waals surface area contributed by atoms with Gasteiger partial charge in [0, 0.05) is 11.4 Å². The Morgan fingerprint density at radius 2 is 1.67 bits per heavy atom. The van der Waals surface area contributed by atoms with E-state index in [1.54, 1.807) is 5.32 Å². The lowest BCUT2D eigenvalue weighted by Gasteiger charge is -2.07. The van der Waals surface area contributed by atoms with Crippen molar-refractivity contribution in [1.82, 2.24) is 0 Å². The number of hydrogen-bond acceptors (Lipinski definition) is 2. The Kier molecular flexibility index (Phi) is 4.41. The zero-order valence-corrected chi connectivity index (χ0v) is 8.15. The van der Waals surface area contributed by atoms with Gasteiger partial charge >= 0.3 is 12.1 Å². The van der Waals surface area contributed by atoms with Crippen molar-refractivity contribution in [3.8, 4) is 0 Å². The minimum absolute atomic E-state index is 0. The summed E-state index contributed by atoms with van der Waals surface area (Å²) in [7, 11) is 0. The van der Waals surface area contributed by atoms with Crippen LogP contribution in [0.3, 0.4) is 0 Å². The van der Waals surface area contributed by atoms with Crippen LogP contribution < -0.4 is 11.1 Å². The van der Waals surface area contributed by atoms with Gasteiger partial charge in [-0.3, -0.25) is 4.79 Å². The molecule has 0 saturated carbocycles. The highest BCUT2D eigenvalue weighted by atomic mass is 35.5. The molecule has 15 heavy (non-hydrogen) atoms.